The topological polar surface area (TPSA) is 52.8 Å². The first kappa shape index (κ1) is 18.8. The van der Waals surface area contributed by atoms with E-state index in [-0.39, 0.29) is 13.0 Å². The molecule has 2 heterocycles. The number of halogens is 3. The van der Waals surface area contributed by atoms with E-state index in [4.69, 9.17) is 9.47 Å². The summed E-state index contributed by atoms with van der Waals surface area (Å²) in [6.07, 6.45) is -2.78. The molecule has 0 radical (unpaired) electrons. The Hall–Kier alpha value is -3.03. The third-order valence-corrected chi connectivity index (χ3v) is 4.04. The number of aromatic nitrogens is 2. The lowest BCUT2D eigenvalue weighted by Gasteiger charge is -2.08. The summed E-state index contributed by atoms with van der Waals surface area (Å²) in [5, 5.41) is 0. The zero-order chi connectivity index (χ0) is 19.6. The first-order chi connectivity index (χ1) is 12.8. The van der Waals surface area contributed by atoms with Crippen molar-refractivity contribution in [2.75, 3.05) is 13.7 Å². The van der Waals surface area contributed by atoms with Crippen molar-refractivity contribution in [3.05, 3.63) is 53.9 Å². The standard InChI is InChI=1S/C19H17F3N2O3/c1-3-27-17(25)11-15-18(12-4-6-13(7-5-12)19(20,21)22)23-16-10-14(26-2)8-9-24(15)16/h4-10H,3,11H2,1-2H3. The second kappa shape index (κ2) is 7.30. The Balaban J connectivity index is 2.10. The predicted molar refractivity (Wildman–Crippen MR) is 92.5 cm³/mol. The Bertz CT molecular complexity index is 963. The average molecular weight is 378 g/mol. The molecule has 27 heavy (non-hydrogen) atoms. The van der Waals surface area contributed by atoms with E-state index in [1.807, 2.05) is 0 Å². The number of pyridine rings is 1. The summed E-state index contributed by atoms with van der Waals surface area (Å²) in [5.74, 6) is 0.137. The minimum absolute atomic E-state index is 0.0578. The number of hydrogen-bond acceptors (Lipinski definition) is 4. The molecule has 0 amide bonds. The number of hydrogen-bond donors (Lipinski definition) is 0. The van der Waals surface area contributed by atoms with Crippen LogP contribution in [0.15, 0.2) is 42.6 Å². The number of carbonyl (C=O) groups is 1. The molecule has 0 unspecified atom stereocenters. The van der Waals surface area contributed by atoms with Gasteiger partial charge in [0.05, 0.1) is 37.1 Å². The van der Waals surface area contributed by atoms with Crippen molar-refractivity contribution >= 4 is 11.6 Å². The van der Waals surface area contributed by atoms with Gasteiger partial charge in [-0.2, -0.15) is 13.2 Å². The summed E-state index contributed by atoms with van der Waals surface area (Å²) in [4.78, 5) is 16.5. The minimum Gasteiger partial charge on any atom is -0.497 e. The fourth-order valence-electron chi connectivity index (χ4n) is 2.77. The summed E-state index contributed by atoms with van der Waals surface area (Å²) in [6.45, 7) is 1.94. The van der Waals surface area contributed by atoms with E-state index < -0.39 is 17.7 Å². The van der Waals surface area contributed by atoms with Crippen molar-refractivity contribution < 1.29 is 27.4 Å². The molecule has 5 nitrogen and oxygen atoms in total. The Kier molecular flexibility index (Phi) is 5.07. The van der Waals surface area contributed by atoms with Gasteiger partial charge in [-0.25, -0.2) is 4.98 Å². The Labute approximate surface area is 153 Å². The quantitative estimate of drug-likeness (QED) is 0.627. The van der Waals surface area contributed by atoms with E-state index >= 15 is 0 Å². The highest BCUT2D eigenvalue weighted by atomic mass is 19.4. The normalized spacial score (nSPS) is 11.6. The number of carbonyl (C=O) groups excluding carboxylic acids is 1. The molecule has 1 aromatic carbocycles. The lowest BCUT2D eigenvalue weighted by Crippen LogP contribution is -2.10. The Morgan fingerprint density at radius 1 is 1.19 bits per heavy atom. The maximum absolute atomic E-state index is 12.8. The van der Waals surface area contributed by atoms with Crippen LogP contribution >= 0.6 is 0 Å². The van der Waals surface area contributed by atoms with Crippen molar-refractivity contribution in [2.24, 2.45) is 0 Å². The first-order valence-electron chi connectivity index (χ1n) is 8.21. The van der Waals surface area contributed by atoms with Gasteiger partial charge >= 0.3 is 12.1 Å². The van der Waals surface area contributed by atoms with Gasteiger partial charge in [0, 0.05) is 17.8 Å². The van der Waals surface area contributed by atoms with Gasteiger partial charge in [-0.15, -0.1) is 0 Å². The van der Waals surface area contributed by atoms with Crippen LogP contribution < -0.4 is 4.74 Å². The molecule has 0 aliphatic rings. The van der Waals surface area contributed by atoms with Crippen molar-refractivity contribution in [3.63, 3.8) is 0 Å². The van der Waals surface area contributed by atoms with Crippen LogP contribution in [-0.4, -0.2) is 29.1 Å². The molecule has 142 valence electrons. The molecular weight excluding hydrogens is 361 g/mol. The van der Waals surface area contributed by atoms with Crippen LogP contribution in [-0.2, 0) is 22.1 Å². The fourth-order valence-corrected chi connectivity index (χ4v) is 2.77. The number of nitrogens with zero attached hydrogens (tertiary/aromatic N) is 2. The predicted octanol–water partition coefficient (Wildman–Crippen LogP) is 4.13. The molecule has 0 fully saturated rings. The van der Waals surface area contributed by atoms with Crippen molar-refractivity contribution in [1.29, 1.82) is 0 Å². The van der Waals surface area contributed by atoms with Crippen LogP contribution in [0.1, 0.15) is 18.2 Å². The zero-order valence-corrected chi connectivity index (χ0v) is 14.7. The number of ether oxygens (including phenoxy) is 2. The zero-order valence-electron chi connectivity index (χ0n) is 14.7. The molecule has 0 aliphatic carbocycles. The molecular formula is C19H17F3N2O3. The summed E-state index contributed by atoms with van der Waals surface area (Å²) in [7, 11) is 1.52. The second-order valence-electron chi connectivity index (χ2n) is 5.76. The van der Waals surface area contributed by atoms with E-state index in [0.29, 0.717) is 28.3 Å². The van der Waals surface area contributed by atoms with E-state index in [1.54, 1.807) is 29.7 Å². The number of rotatable bonds is 5. The van der Waals surface area contributed by atoms with Gasteiger partial charge in [-0.3, -0.25) is 4.79 Å². The molecule has 8 heteroatoms. The highest BCUT2D eigenvalue weighted by molar-refractivity contribution is 5.77. The van der Waals surface area contributed by atoms with Crippen LogP contribution in [0.25, 0.3) is 16.9 Å². The van der Waals surface area contributed by atoms with Crippen LogP contribution in [0.4, 0.5) is 13.2 Å². The van der Waals surface area contributed by atoms with Crippen molar-refractivity contribution in [1.82, 2.24) is 9.38 Å². The van der Waals surface area contributed by atoms with Crippen LogP contribution in [0.5, 0.6) is 5.75 Å². The SMILES string of the molecule is CCOC(=O)Cc1c(-c2ccc(C(F)(F)F)cc2)nc2cc(OC)ccn12. The van der Waals surface area contributed by atoms with Gasteiger partial charge in [-0.05, 0) is 25.1 Å². The second-order valence-corrected chi connectivity index (χ2v) is 5.76. The van der Waals surface area contributed by atoms with E-state index in [1.165, 1.54) is 19.2 Å². The largest absolute Gasteiger partial charge is 0.497 e. The Morgan fingerprint density at radius 3 is 2.48 bits per heavy atom. The molecule has 0 spiro atoms. The molecule has 0 saturated heterocycles. The fraction of sp³-hybridized carbons (Fsp3) is 0.263. The van der Waals surface area contributed by atoms with Crippen LogP contribution in [0, 0.1) is 0 Å². The van der Waals surface area contributed by atoms with Crippen molar-refractivity contribution in [2.45, 2.75) is 19.5 Å². The molecule has 0 N–H and O–H groups in total. The van der Waals surface area contributed by atoms with Crippen LogP contribution in [0.2, 0.25) is 0 Å². The van der Waals surface area contributed by atoms with Gasteiger partial charge in [0.15, 0.2) is 0 Å². The molecule has 2 aromatic heterocycles. The Morgan fingerprint density at radius 2 is 1.89 bits per heavy atom. The summed E-state index contributed by atoms with van der Waals surface area (Å²) in [5.41, 5.74) is 1.20. The van der Waals surface area contributed by atoms with Gasteiger partial charge in [0.1, 0.15) is 11.4 Å². The number of fused-ring (bicyclic) bond motifs is 1. The molecule has 3 rings (SSSR count). The number of methoxy groups -OCH3 is 1. The maximum Gasteiger partial charge on any atom is 0.416 e. The average Bonchev–Trinajstić information content (AvgIpc) is 2.99. The lowest BCUT2D eigenvalue weighted by atomic mass is 10.1. The van der Waals surface area contributed by atoms with Crippen LogP contribution in [0.3, 0.4) is 0 Å². The third kappa shape index (κ3) is 3.89. The molecule has 0 aliphatic heterocycles. The van der Waals surface area contributed by atoms with Gasteiger partial charge < -0.3 is 13.9 Å². The number of benzene rings is 1. The van der Waals surface area contributed by atoms with Crippen molar-refractivity contribution in [3.8, 4) is 17.0 Å². The maximum atomic E-state index is 12.8. The smallest absolute Gasteiger partial charge is 0.416 e. The van der Waals surface area contributed by atoms with Gasteiger partial charge in [0.25, 0.3) is 0 Å². The number of esters is 1. The van der Waals surface area contributed by atoms with Gasteiger partial charge in [0.2, 0.25) is 0 Å². The lowest BCUT2D eigenvalue weighted by molar-refractivity contribution is -0.142. The van der Waals surface area contributed by atoms with E-state index in [0.717, 1.165) is 12.1 Å². The van der Waals surface area contributed by atoms with E-state index in [2.05, 4.69) is 4.98 Å². The minimum atomic E-state index is -4.42. The summed E-state index contributed by atoms with van der Waals surface area (Å²) in [6, 6.07) is 8.07. The monoisotopic (exact) mass is 378 g/mol. The highest BCUT2D eigenvalue weighted by Crippen LogP contribution is 2.32. The first-order valence-corrected chi connectivity index (χ1v) is 8.21. The number of alkyl halides is 3. The highest BCUT2D eigenvalue weighted by Gasteiger charge is 2.30. The summed E-state index contributed by atoms with van der Waals surface area (Å²) >= 11 is 0. The van der Waals surface area contributed by atoms with Gasteiger partial charge in [-0.1, -0.05) is 12.1 Å². The number of imidazole rings is 1. The molecule has 0 bridgehead atoms. The summed E-state index contributed by atoms with van der Waals surface area (Å²) < 4.78 is 50.3. The molecule has 0 atom stereocenters. The van der Waals surface area contributed by atoms with E-state index in [9.17, 15) is 18.0 Å². The molecule has 3 aromatic rings. The molecule has 0 saturated carbocycles. The third-order valence-electron chi connectivity index (χ3n) is 4.04.